The molecule has 0 aliphatic heterocycles. The second-order valence-electron chi connectivity index (χ2n) is 7.77. The highest BCUT2D eigenvalue weighted by Gasteiger charge is 2.27. The van der Waals surface area contributed by atoms with Crippen LogP contribution in [-0.2, 0) is 0 Å². The summed E-state index contributed by atoms with van der Waals surface area (Å²) in [5, 5.41) is 7.20. The molecule has 0 unspecified atom stereocenters. The lowest BCUT2D eigenvalue weighted by molar-refractivity contribution is 0.0958. The molecular weight excluding hydrogens is 392 g/mol. The van der Waals surface area contributed by atoms with Crippen LogP contribution in [0.2, 0.25) is 0 Å². The van der Waals surface area contributed by atoms with Crippen molar-refractivity contribution in [3.63, 3.8) is 0 Å². The molecule has 5 rings (SSSR count). The minimum Gasteiger partial charge on any atom is -0.497 e. The van der Waals surface area contributed by atoms with Gasteiger partial charge in [0.1, 0.15) is 11.4 Å². The summed E-state index contributed by atoms with van der Waals surface area (Å²) in [6, 6.07) is 14.8. The number of hydrogen-bond donors (Lipinski definition) is 3. The molecule has 0 spiro atoms. The van der Waals surface area contributed by atoms with Crippen molar-refractivity contribution in [2.75, 3.05) is 19.5 Å². The van der Waals surface area contributed by atoms with Crippen LogP contribution in [0.25, 0.3) is 21.8 Å². The maximum Gasteiger partial charge on any atom is 0.267 e. The van der Waals surface area contributed by atoms with E-state index in [2.05, 4.69) is 15.6 Å². The predicted octanol–water partition coefficient (Wildman–Crippen LogP) is 4.21. The first-order valence-corrected chi connectivity index (χ1v) is 10.2. The molecule has 7 nitrogen and oxygen atoms in total. The maximum atomic E-state index is 13.3. The largest absolute Gasteiger partial charge is 0.497 e. The number of anilines is 1. The van der Waals surface area contributed by atoms with E-state index in [4.69, 9.17) is 9.72 Å². The fraction of sp³-hybridized carbons (Fsp3) is 0.208. The Bertz CT molecular complexity index is 1340. The number of nitrogens with zero attached hydrogens (tertiary/aromatic N) is 1. The first-order chi connectivity index (χ1) is 15.1. The smallest absolute Gasteiger partial charge is 0.267 e. The van der Waals surface area contributed by atoms with E-state index in [0.717, 1.165) is 40.3 Å². The van der Waals surface area contributed by atoms with E-state index in [1.54, 1.807) is 20.2 Å². The molecule has 156 valence electrons. The van der Waals surface area contributed by atoms with Gasteiger partial charge in [-0.15, -0.1) is 0 Å². The lowest BCUT2D eigenvalue weighted by Crippen LogP contribution is -2.17. The molecule has 2 amide bonds. The Morgan fingerprint density at radius 3 is 2.65 bits per heavy atom. The molecule has 0 atom stereocenters. The summed E-state index contributed by atoms with van der Waals surface area (Å²) in [6.45, 7) is 0. The van der Waals surface area contributed by atoms with Crippen molar-refractivity contribution in [2.24, 2.45) is 0 Å². The number of carbonyl (C=O) groups excluding carboxylic acids is 2. The molecule has 2 aromatic heterocycles. The number of nitrogens with one attached hydrogen (secondary N) is 3. The molecule has 1 aliphatic carbocycles. The molecule has 4 aromatic rings. The first-order valence-electron chi connectivity index (χ1n) is 10.2. The number of ether oxygens (including phenoxy) is 1. The summed E-state index contributed by atoms with van der Waals surface area (Å²) < 4.78 is 5.35. The van der Waals surface area contributed by atoms with Crippen LogP contribution in [0.5, 0.6) is 5.75 Å². The molecular formula is C24H22N4O3. The maximum absolute atomic E-state index is 13.3. The summed E-state index contributed by atoms with van der Waals surface area (Å²) in [5.74, 6) is 0.714. The van der Waals surface area contributed by atoms with Gasteiger partial charge in [0, 0.05) is 40.6 Å². The average molecular weight is 414 g/mol. The van der Waals surface area contributed by atoms with Gasteiger partial charge >= 0.3 is 0 Å². The number of aromatic amines is 1. The lowest BCUT2D eigenvalue weighted by Gasteiger charge is -2.11. The van der Waals surface area contributed by atoms with E-state index in [0.29, 0.717) is 28.6 Å². The molecule has 1 fully saturated rings. The van der Waals surface area contributed by atoms with Crippen molar-refractivity contribution in [3.8, 4) is 5.75 Å². The van der Waals surface area contributed by atoms with Crippen LogP contribution < -0.4 is 15.4 Å². The number of rotatable bonds is 5. The number of fused-ring (bicyclic) bond motifs is 2. The highest BCUT2D eigenvalue weighted by molar-refractivity contribution is 6.13. The minimum absolute atomic E-state index is 0.188. The van der Waals surface area contributed by atoms with Gasteiger partial charge in [0.2, 0.25) is 0 Å². The van der Waals surface area contributed by atoms with E-state index in [-0.39, 0.29) is 11.8 Å². The molecule has 2 aromatic carbocycles. The number of methoxy groups -OCH3 is 1. The Morgan fingerprint density at radius 1 is 1.06 bits per heavy atom. The Morgan fingerprint density at radius 2 is 1.90 bits per heavy atom. The highest BCUT2D eigenvalue weighted by Crippen LogP contribution is 2.40. The van der Waals surface area contributed by atoms with Gasteiger partial charge in [-0.1, -0.05) is 0 Å². The van der Waals surface area contributed by atoms with Gasteiger partial charge in [0.25, 0.3) is 11.8 Å². The van der Waals surface area contributed by atoms with E-state index in [9.17, 15) is 9.59 Å². The summed E-state index contributed by atoms with van der Waals surface area (Å²) in [7, 11) is 3.19. The SMILES string of the molecule is CNC(=O)c1cc2cc(NC(=O)c3cc(C4CC4)nc4ccc(OC)cc34)ccc2[nH]1. The third-order valence-corrected chi connectivity index (χ3v) is 5.63. The monoisotopic (exact) mass is 414 g/mol. The molecule has 1 saturated carbocycles. The first kappa shape index (κ1) is 19.1. The van der Waals surface area contributed by atoms with Crippen LogP contribution in [0.4, 0.5) is 5.69 Å². The van der Waals surface area contributed by atoms with Crippen molar-refractivity contribution in [1.29, 1.82) is 0 Å². The Hall–Kier alpha value is -3.87. The fourth-order valence-corrected chi connectivity index (χ4v) is 3.79. The number of hydrogen-bond acceptors (Lipinski definition) is 4. The summed E-state index contributed by atoms with van der Waals surface area (Å²) in [4.78, 5) is 33.0. The Labute approximate surface area is 178 Å². The summed E-state index contributed by atoms with van der Waals surface area (Å²) >= 11 is 0. The van der Waals surface area contributed by atoms with E-state index in [1.165, 1.54) is 0 Å². The second kappa shape index (κ2) is 7.43. The molecule has 1 aliphatic rings. The van der Waals surface area contributed by atoms with Crippen molar-refractivity contribution >= 4 is 39.3 Å². The van der Waals surface area contributed by atoms with Crippen molar-refractivity contribution in [1.82, 2.24) is 15.3 Å². The van der Waals surface area contributed by atoms with E-state index >= 15 is 0 Å². The highest BCUT2D eigenvalue weighted by atomic mass is 16.5. The fourth-order valence-electron chi connectivity index (χ4n) is 3.79. The number of H-pyrrole nitrogens is 1. The molecule has 0 bridgehead atoms. The van der Waals surface area contributed by atoms with Crippen molar-refractivity contribution < 1.29 is 14.3 Å². The quantitative estimate of drug-likeness (QED) is 0.456. The van der Waals surface area contributed by atoms with Crippen LogP contribution in [0.1, 0.15) is 45.3 Å². The van der Waals surface area contributed by atoms with Gasteiger partial charge in [0.05, 0.1) is 18.2 Å². The van der Waals surface area contributed by atoms with Gasteiger partial charge < -0.3 is 20.4 Å². The third-order valence-electron chi connectivity index (χ3n) is 5.63. The number of carbonyl (C=O) groups is 2. The van der Waals surface area contributed by atoms with Gasteiger partial charge in [0.15, 0.2) is 0 Å². The zero-order chi connectivity index (χ0) is 21.5. The minimum atomic E-state index is -0.205. The molecule has 2 heterocycles. The van der Waals surface area contributed by atoms with Crippen LogP contribution in [0.15, 0.2) is 48.5 Å². The van der Waals surface area contributed by atoms with Crippen LogP contribution in [0, 0.1) is 0 Å². The predicted molar refractivity (Wildman–Crippen MR) is 120 cm³/mol. The second-order valence-corrected chi connectivity index (χ2v) is 7.77. The van der Waals surface area contributed by atoms with Crippen LogP contribution in [-0.4, -0.2) is 35.9 Å². The molecule has 0 radical (unpaired) electrons. The molecule has 7 heteroatoms. The lowest BCUT2D eigenvalue weighted by atomic mass is 10.0. The zero-order valence-corrected chi connectivity index (χ0v) is 17.3. The molecule has 31 heavy (non-hydrogen) atoms. The Kier molecular flexibility index (Phi) is 4.58. The normalized spacial score (nSPS) is 13.4. The van der Waals surface area contributed by atoms with Crippen molar-refractivity contribution in [2.45, 2.75) is 18.8 Å². The zero-order valence-electron chi connectivity index (χ0n) is 17.3. The standard InChI is InChI=1S/C24H22N4O3/c1-25-24(30)22-10-14-9-15(5-7-19(14)27-22)26-23(29)18-12-21(13-3-4-13)28-20-8-6-16(31-2)11-17(18)20/h5-13,27H,3-4H2,1-2H3,(H,25,30)(H,26,29). The number of benzene rings is 2. The van der Waals surface area contributed by atoms with Gasteiger partial charge in [-0.25, -0.2) is 0 Å². The topological polar surface area (TPSA) is 96.1 Å². The number of aromatic nitrogens is 2. The van der Waals surface area contributed by atoms with Gasteiger partial charge in [-0.3, -0.25) is 14.6 Å². The molecule has 0 saturated heterocycles. The van der Waals surface area contributed by atoms with Gasteiger partial charge in [-0.2, -0.15) is 0 Å². The molecule has 3 N–H and O–H groups in total. The van der Waals surface area contributed by atoms with Gasteiger partial charge in [-0.05, 0) is 61.4 Å². The Balaban J connectivity index is 1.51. The summed E-state index contributed by atoms with van der Waals surface area (Å²) in [5.41, 5.74) is 4.27. The summed E-state index contributed by atoms with van der Waals surface area (Å²) in [6.07, 6.45) is 2.21. The average Bonchev–Trinajstić information content (AvgIpc) is 3.56. The number of pyridine rings is 1. The van der Waals surface area contributed by atoms with Crippen LogP contribution in [0.3, 0.4) is 0 Å². The van der Waals surface area contributed by atoms with Crippen molar-refractivity contribution in [3.05, 3.63) is 65.5 Å². The van der Waals surface area contributed by atoms with E-state index in [1.807, 2.05) is 42.5 Å². The number of amides is 2. The van der Waals surface area contributed by atoms with E-state index < -0.39 is 0 Å². The van der Waals surface area contributed by atoms with Crippen LogP contribution >= 0.6 is 0 Å². The third kappa shape index (κ3) is 3.59.